The van der Waals surface area contributed by atoms with Crippen LogP contribution in [0.3, 0.4) is 0 Å². The average molecular weight is 434 g/mol. The molecule has 31 heavy (non-hydrogen) atoms. The Morgan fingerprint density at radius 2 is 1.94 bits per heavy atom. The van der Waals surface area contributed by atoms with Gasteiger partial charge in [0.2, 0.25) is 5.91 Å². The van der Waals surface area contributed by atoms with Crippen molar-refractivity contribution in [1.82, 2.24) is 5.32 Å². The van der Waals surface area contributed by atoms with Crippen LogP contribution in [-0.2, 0) is 11.3 Å². The number of hydrogen-bond acceptors (Lipinski definition) is 3. The lowest BCUT2D eigenvalue weighted by Gasteiger charge is -2.15. The summed E-state index contributed by atoms with van der Waals surface area (Å²) in [6.07, 6.45) is 5.74. The maximum absolute atomic E-state index is 14.1. The highest BCUT2D eigenvalue weighted by atomic mass is 32.2. The van der Waals surface area contributed by atoms with Crippen LogP contribution >= 0.6 is 11.8 Å². The fraction of sp³-hybridized carbons (Fsp3) is 0.192. The van der Waals surface area contributed by atoms with E-state index in [2.05, 4.69) is 35.7 Å². The van der Waals surface area contributed by atoms with Gasteiger partial charge in [0.25, 0.3) is 0 Å². The number of nitrogens with one attached hydrogen (secondary N) is 1. The summed E-state index contributed by atoms with van der Waals surface area (Å²) >= 11 is 1.70. The van der Waals surface area contributed by atoms with Gasteiger partial charge >= 0.3 is 0 Å². The van der Waals surface area contributed by atoms with E-state index in [0.29, 0.717) is 12.3 Å². The average Bonchev–Trinajstić information content (AvgIpc) is 3.38. The minimum Gasteiger partial charge on any atom is -0.467 e. The van der Waals surface area contributed by atoms with E-state index >= 15 is 0 Å². The summed E-state index contributed by atoms with van der Waals surface area (Å²) in [7, 11) is 0. The van der Waals surface area contributed by atoms with Gasteiger partial charge in [0.05, 0.1) is 18.7 Å². The van der Waals surface area contributed by atoms with Crippen molar-refractivity contribution in [3.63, 3.8) is 0 Å². The molecule has 3 nitrogen and oxygen atoms in total. The highest BCUT2D eigenvalue weighted by Gasteiger charge is 2.30. The highest BCUT2D eigenvalue weighted by Crippen LogP contribution is 2.45. The molecule has 1 aliphatic rings. The van der Waals surface area contributed by atoms with Crippen molar-refractivity contribution in [3.05, 3.63) is 94.7 Å². The van der Waals surface area contributed by atoms with Crippen LogP contribution in [0.25, 0.3) is 17.2 Å². The first kappa shape index (κ1) is 21.2. The van der Waals surface area contributed by atoms with Gasteiger partial charge in [-0.25, -0.2) is 4.39 Å². The van der Waals surface area contributed by atoms with Crippen LogP contribution in [0, 0.1) is 11.7 Å². The lowest BCUT2D eigenvalue weighted by atomic mass is 9.92. The van der Waals surface area contributed by atoms with Gasteiger partial charge in [-0.1, -0.05) is 18.2 Å². The van der Waals surface area contributed by atoms with Crippen LogP contribution in [0.1, 0.15) is 36.3 Å². The molecule has 0 bridgehead atoms. The number of allylic oxidation sites excluding steroid dienone is 2. The van der Waals surface area contributed by atoms with E-state index in [1.807, 2.05) is 26.2 Å². The summed E-state index contributed by atoms with van der Waals surface area (Å²) < 4.78 is 19.4. The number of amides is 1. The fourth-order valence-electron chi connectivity index (χ4n) is 4.01. The molecule has 1 aliphatic carbocycles. The third kappa shape index (κ3) is 4.37. The molecule has 158 valence electrons. The number of benzene rings is 2. The third-order valence-electron chi connectivity index (χ3n) is 5.64. The molecule has 0 aliphatic heterocycles. The molecule has 1 unspecified atom stereocenters. The molecule has 1 amide bonds. The zero-order valence-corrected chi connectivity index (χ0v) is 18.6. The Kier molecular flexibility index (Phi) is 6.14. The van der Waals surface area contributed by atoms with E-state index < -0.39 is 5.92 Å². The molecule has 1 aromatic heterocycles. The monoisotopic (exact) mass is 433 g/mol. The number of carbonyl (C=O) groups is 1. The van der Waals surface area contributed by atoms with Crippen molar-refractivity contribution in [2.24, 2.45) is 5.92 Å². The van der Waals surface area contributed by atoms with Gasteiger partial charge in [0, 0.05) is 4.90 Å². The number of carbonyl (C=O) groups excluding carboxylic acids is 1. The number of furan rings is 1. The van der Waals surface area contributed by atoms with Gasteiger partial charge in [0.15, 0.2) is 0 Å². The van der Waals surface area contributed by atoms with E-state index in [9.17, 15) is 9.18 Å². The maximum Gasteiger partial charge on any atom is 0.227 e. The summed E-state index contributed by atoms with van der Waals surface area (Å²) in [5.41, 5.74) is 5.68. The van der Waals surface area contributed by atoms with Gasteiger partial charge in [0.1, 0.15) is 11.6 Å². The Bertz CT molecular complexity index is 1160. The molecular formula is C26H24FNO2S. The molecule has 0 saturated heterocycles. The predicted octanol–water partition coefficient (Wildman–Crippen LogP) is 6.42. The van der Waals surface area contributed by atoms with Gasteiger partial charge in [-0.15, -0.1) is 11.8 Å². The largest absolute Gasteiger partial charge is 0.467 e. The summed E-state index contributed by atoms with van der Waals surface area (Å²) in [5.74, 6) is -0.164. The first-order chi connectivity index (χ1) is 15.0. The summed E-state index contributed by atoms with van der Waals surface area (Å²) in [6.45, 7) is 4.19. The minimum atomic E-state index is -0.430. The first-order valence-electron chi connectivity index (χ1n) is 10.1. The highest BCUT2D eigenvalue weighted by molar-refractivity contribution is 7.98. The number of fused-ring (bicyclic) bond motifs is 1. The Labute approximate surface area is 186 Å². The predicted molar refractivity (Wildman–Crippen MR) is 125 cm³/mol. The Balaban J connectivity index is 1.69. The van der Waals surface area contributed by atoms with Crippen molar-refractivity contribution >= 4 is 34.9 Å². The lowest BCUT2D eigenvalue weighted by Crippen LogP contribution is -2.29. The number of rotatable bonds is 6. The molecule has 0 radical (unpaired) electrons. The minimum absolute atomic E-state index is 0.119. The summed E-state index contributed by atoms with van der Waals surface area (Å²) in [5, 5.41) is 2.92. The van der Waals surface area contributed by atoms with Gasteiger partial charge in [-0.2, -0.15) is 0 Å². The molecule has 2 aromatic carbocycles. The molecule has 1 N–H and O–H groups in total. The topological polar surface area (TPSA) is 42.2 Å². The van der Waals surface area contributed by atoms with E-state index in [1.54, 1.807) is 30.2 Å². The quantitative estimate of drug-likeness (QED) is 0.456. The summed E-state index contributed by atoms with van der Waals surface area (Å²) in [6, 6.07) is 16.7. The second-order valence-corrected chi connectivity index (χ2v) is 8.46. The van der Waals surface area contributed by atoms with Crippen LogP contribution in [0.4, 0.5) is 4.39 Å². The Morgan fingerprint density at radius 3 is 2.61 bits per heavy atom. The zero-order valence-electron chi connectivity index (χ0n) is 17.7. The van der Waals surface area contributed by atoms with Crippen molar-refractivity contribution in [2.75, 3.05) is 6.26 Å². The van der Waals surface area contributed by atoms with Crippen LogP contribution in [-0.4, -0.2) is 12.2 Å². The second-order valence-electron chi connectivity index (χ2n) is 7.58. The first-order valence-corrected chi connectivity index (χ1v) is 11.4. The van der Waals surface area contributed by atoms with Crippen molar-refractivity contribution in [1.29, 1.82) is 0 Å². The fourth-order valence-corrected chi connectivity index (χ4v) is 4.41. The molecule has 0 fully saturated rings. The normalized spacial score (nSPS) is 15.3. The summed E-state index contributed by atoms with van der Waals surface area (Å²) in [4.78, 5) is 14.1. The molecule has 0 saturated carbocycles. The van der Waals surface area contributed by atoms with Crippen LogP contribution in [0.5, 0.6) is 0 Å². The van der Waals surface area contributed by atoms with Crippen LogP contribution in [0.2, 0.25) is 0 Å². The zero-order chi connectivity index (χ0) is 22.0. The SMILES string of the molecule is CSc1ccc(/C=C2/C(C)=C(C(C)C(=O)NCc3ccco3)c3cc(F)ccc32)cc1. The molecule has 1 heterocycles. The van der Waals surface area contributed by atoms with E-state index in [4.69, 9.17) is 4.42 Å². The van der Waals surface area contributed by atoms with Crippen molar-refractivity contribution in [2.45, 2.75) is 25.3 Å². The smallest absolute Gasteiger partial charge is 0.227 e. The molecule has 4 rings (SSSR count). The number of thioether (sulfide) groups is 1. The van der Waals surface area contributed by atoms with Crippen molar-refractivity contribution in [3.8, 4) is 0 Å². The van der Waals surface area contributed by atoms with E-state index in [0.717, 1.165) is 33.4 Å². The molecule has 5 heteroatoms. The number of hydrogen-bond donors (Lipinski definition) is 1. The molecular weight excluding hydrogens is 409 g/mol. The van der Waals surface area contributed by atoms with Crippen LogP contribution < -0.4 is 5.32 Å². The standard InChI is InChI=1S/C26H24FNO2S/c1-16-23(13-18-6-9-21(31-3)10-7-18)22-11-8-19(27)14-24(22)25(16)17(2)26(29)28-15-20-5-4-12-30-20/h4-14,17H,15H2,1-3H3,(H,28,29)/b23-13-. The molecule has 1 atom stereocenters. The lowest BCUT2D eigenvalue weighted by molar-refractivity contribution is -0.123. The van der Waals surface area contributed by atoms with E-state index in [1.165, 1.54) is 17.0 Å². The van der Waals surface area contributed by atoms with Gasteiger partial charge < -0.3 is 9.73 Å². The molecule has 0 spiro atoms. The van der Waals surface area contributed by atoms with Crippen LogP contribution in [0.15, 0.2) is 75.7 Å². The van der Waals surface area contributed by atoms with Gasteiger partial charge in [-0.05, 0) is 96.0 Å². The number of halogens is 1. The second kappa shape index (κ2) is 8.98. The maximum atomic E-state index is 14.1. The molecule has 3 aromatic rings. The Hall–Kier alpha value is -3.05. The van der Waals surface area contributed by atoms with E-state index in [-0.39, 0.29) is 11.7 Å². The third-order valence-corrected chi connectivity index (χ3v) is 6.38. The van der Waals surface area contributed by atoms with Crippen molar-refractivity contribution < 1.29 is 13.6 Å². The van der Waals surface area contributed by atoms with Gasteiger partial charge in [-0.3, -0.25) is 4.79 Å². The Morgan fingerprint density at radius 1 is 1.16 bits per heavy atom.